The van der Waals surface area contributed by atoms with Gasteiger partial charge >= 0.3 is 0 Å². The zero-order valence-corrected chi connectivity index (χ0v) is 24.5. The number of carbonyl (C=O) groups excluding carboxylic acids is 2. The maximum atomic E-state index is 13.0. The number of anilines is 3. The van der Waals surface area contributed by atoms with Crippen molar-refractivity contribution in [2.45, 2.75) is 0 Å². The van der Waals surface area contributed by atoms with Gasteiger partial charge in [-0.05, 0) is 84.4 Å². The van der Waals surface area contributed by atoms with E-state index in [-0.39, 0.29) is 17.5 Å². The molecule has 8 nitrogen and oxygen atoms in total. The number of ether oxygens (including phenoxy) is 1. The summed E-state index contributed by atoms with van der Waals surface area (Å²) in [5.41, 5.74) is 6.50. The van der Waals surface area contributed by atoms with Crippen LogP contribution < -0.4 is 20.8 Å². The summed E-state index contributed by atoms with van der Waals surface area (Å²) in [6.07, 6.45) is 1.44. The standard InChI is InChI=1S/C31H22Cl2FN5O3S/c32-22-6-10-25(11-7-22)37-31-38-27(18-43-31)20-2-4-21(5-3-20)30(41)39-35-16-19-1-14-28(26(33)15-19)42-17-29(40)36-24-12-8-23(34)9-13-24/h1-16,18H,17H2,(H,36,40)(H,37,38)(H,39,41)/b35-16-. The van der Waals surface area contributed by atoms with Crippen LogP contribution in [0.1, 0.15) is 15.9 Å². The average Bonchev–Trinajstić information content (AvgIpc) is 3.47. The number of nitrogens with one attached hydrogen (secondary N) is 3. The summed E-state index contributed by atoms with van der Waals surface area (Å²) in [5.74, 6) is -0.912. The van der Waals surface area contributed by atoms with Gasteiger partial charge in [0.2, 0.25) is 0 Å². The molecule has 0 fully saturated rings. The average molecular weight is 635 g/mol. The minimum absolute atomic E-state index is 0.258. The van der Waals surface area contributed by atoms with Crippen molar-refractivity contribution in [3.63, 3.8) is 0 Å². The van der Waals surface area contributed by atoms with Crippen LogP contribution in [0, 0.1) is 5.82 Å². The number of aromatic nitrogens is 1. The lowest BCUT2D eigenvalue weighted by Gasteiger charge is -2.09. The monoisotopic (exact) mass is 633 g/mol. The minimum atomic E-state index is -0.424. The van der Waals surface area contributed by atoms with Crippen LogP contribution in [0.4, 0.5) is 20.9 Å². The van der Waals surface area contributed by atoms with E-state index < -0.39 is 11.7 Å². The molecular weight excluding hydrogens is 612 g/mol. The van der Waals surface area contributed by atoms with E-state index in [9.17, 15) is 14.0 Å². The van der Waals surface area contributed by atoms with Crippen molar-refractivity contribution in [1.29, 1.82) is 0 Å². The van der Waals surface area contributed by atoms with E-state index in [1.54, 1.807) is 42.5 Å². The Labute approximate surface area is 260 Å². The molecule has 0 aliphatic heterocycles. The number of hydrogen-bond donors (Lipinski definition) is 3. The van der Waals surface area contributed by atoms with Gasteiger partial charge < -0.3 is 15.4 Å². The van der Waals surface area contributed by atoms with Gasteiger partial charge in [-0.1, -0.05) is 35.3 Å². The first kappa shape index (κ1) is 29.7. The van der Waals surface area contributed by atoms with Crippen molar-refractivity contribution >= 4 is 69.1 Å². The van der Waals surface area contributed by atoms with Gasteiger partial charge in [-0.25, -0.2) is 14.8 Å². The number of hydrazone groups is 1. The largest absolute Gasteiger partial charge is 0.482 e. The van der Waals surface area contributed by atoms with E-state index in [1.807, 2.05) is 29.6 Å². The Morgan fingerprint density at radius 3 is 2.37 bits per heavy atom. The lowest BCUT2D eigenvalue weighted by Crippen LogP contribution is -2.20. The van der Waals surface area contributed by atoms with Gasteiger partial charge in [0, 0.05) is 32.9 Å². The second-order valence-electron chi connectivity index (χ2n) is 8.98. The molecule has 12 heteroatoms. The van der Waals surface area contributed by atoms with Crippen molar-refractivity contribution in [3.05, 3.63) is 123 Å². The lowest BCUT2D eigenvalue weighted by molar-refractivity contribution is -0.118. The summed E-state index contributed by atoms with van der Waals surface area (Å²) in [6.45, 7) is -0.288. The first-order chi connectivity index (χ1) is 20.8. The first-order valence-corrected chi connectivity index (χ1v) is 14.4. The maximum Gasteiger partial charge on any atom is 0.271 e. The van der Waals surface area contributed by atoms with E-state index in [0.717, 1.165) is 22.1 Å². The number of nitrogens with zero attached hydrogens (tertiary/aromatic N) is 2. The van der Waals surface area contributed by atoms with Gasteiger partial charge in [-0.3, -0.25) is 9.59 Å². The highest BCUT2D eigenvalue weighted by Gasteiger charge is 2.10. The van der Waals surface area contributed by atoms with E-state index in [4.69, 9.17) is 27.9 Å². The Bertz CT molecular complexity index is 1760. The topological polar surface area (TPSA) is 105 Å². The van der Waals surface area contributed by atoms with E-state index in [2.05, 4.69) is 26.1 Å². The molecule has 0 atom stereocenters. The molecule has 0 radical (unpaired) electrons. The highest BCUT2D eigenvalue weighted by atomic mass is 35.5. The fourth-order valence-corrected chi connectivity index (χ4v) is 4.84. The Hall–Kier alpha value is -4.77. The van der Waals surface area contributed by atoms with Crippen molar-refractivity contribution in [1.82, 2.24) is 10.4 Å². The summed E-state index contributed by atoms with van der Waals surface area (Å²) in [5, 5.41) is 13.4. The molecule has 0 spiro atoms. The lowest BCUT2D eigenvalue weighted by atomic mass is 10.1. The summed E-state index contributed by atoms with van der Waals surface area (Å²) >= 11 is 13.7. The third-order valence-corrected chi connectivity index (χ3v) is 7.17. The van der Waals surface area contributed by atoms with Crippen LogP contribution in [0.2, 0.25) is 10.0 Å². The molecular formula is C31H22Cl2FN5O3S. The summed E-state index contributed by atoms with van der Waals surface area (Å²) in [7, 11) is 0. The third-order valence-electron chi connectivity index (χ3n) is 5.86. The summed E-state index contributed by atoms with van der Waals surface area (Å²) in [4.78, 5) is 29.3. The molecule has 216 valence electrons. The Balaban J connectivity index is 1.10. The van der Waals surface area contributed by atoms with Crippen LogP contribution in [-0.4, -0.2) is 29.6 Å². The second kappa shape index (κ2) is 13.9. The number of thiazole rings is 1. The van der Waals surface area contributed by atoms with Crippen molar-refractivity contribution in [3.8, 4) is 17.0 Å². The normalized spacial score (nSPS) is 10.9. The predicted molar refractivity (Wildman–Crippen MR) is 169 cm³/mol. The molecule has 0 saturated heterocycles. The third kappa shape index (κ3) is 8.39. The van der Waals surface area contributed by atoms with Gasteiger partial charge in [0.05, 0.1) is 16.9 Å². The Morgan fingerprint density at radius 1 is 0.930 bits per heavy atom. The molecule has 0 saturated carbocycles. The molecule has 5 rings (SSSR count). The molecule has 0 aliphatic rings. The van der Waals surface area contributed by atoms with Crippen LogP contribution in [0.25, 0.3) is 11.3 Å². The number of carbonyl (C=O) groups is 2. The zero-order chi connectivity index (χ0) is 30.2. The van der Waals surface area contributed by atoms with Crippen LogP contribution >= 0.6 is 34.5 Å². The zero-order valence-electron chi connectivity index (χ0n) is 22.2. The molecule has 0 unspecified atom stereocenters. The van der Waals surface area contributed by atoms with Crippen LogP contribution in [-0.2, 0) is 4.79 Å². The summed E-state index contributed by atoms with van der Waals surface area (Å²) < 4.78 is 18.5. The van der Waals surface area contributed by atoms with Gasteiger partial charge in [-0.2, -0.15) is 5.10 Å². The van der Waals surface area contributed by atoms with E-state index >= 15 is 0 Å². The Morgan fingerprint density at radius 2 is 1.65 bits per heavy atom. The van der Waals surface area contributed by atoms with Crippen molar-refractivity contribution in [2.75, 3.05) is 17.2 Å². The number of rotatable bonds is 10. The van der Waals surface area contributed by atoms with E-state index in [0.29, 0.717) is 27.6 Å². The van der Waals surface area contributed by atoms with E-state index in [1.165, 1.54) is 41.8 Å². The highest BCUT2D eigenvalue weighted by molar-refractivity contribution is 7.14. The minimum Gasteiger partial charge on any atom is -0.482 e. The molecule has 5 aromatic rings. The van der Waals surface area contributed by atoms with Gasteiger partial charge in [0.1, 0.15) is 11.6 Å². The smallest absolute Gasteiger partial charge is 0.271 e. The molecule has 1 heterocycles. The van der Waals surface area contributed by atoms with Gasteiger partial charge in [0.15, 0.2) is 11.7 Å². The van der Waals surface area contributed by atoms with Crippen LogP contribution in [0.15, 0.2) is 101 Å². The quantitative estimate of drug-likeness (QED) is 0.108. The van der Waals surface area contributed by atoms with Gasteiger partial charge in [-0.15, -0.1) is 11.3 Å². The fraction of sp³-hybridized carbons (Fsp3) is 0.0323. The number of halogens is 3. The van der Waals surface area contributed by atoms with Crippen LogP contribution in [0.5, 0.6) is 5.75 Å². The SMILES string of the molecule is O=C(COc1ccc(/C=N\NC(=O)c2ccc(-c3csc(Nc4ccc(Cl)cc4)n3)cc2)cc1Cl)Nc1ccc(F)cc1. The van der Waals surface area contributed by atoms with Crippen molar-refractivity contribution in [2.24, 2.45) is 5.10 Å². The molecule has 43 heavy (non-hydrogen) atoms. The Kier molecular flexibility index (Phi) is 9.63. The molecule has 3 N–H and O–H groups in total. The van der Waals surface area contributed by atoms with Crippen LogP contribution in [0.3, 0.4) is 0 Å². The second-order valence-corrected chi connectivity index (χ2v) is 10.7. The number of hydrogen-bond acceptors (Lipinski definition) is 7. The van der Waals surface area contributed by atoms with Crippen molar-refractivity contribution < 1.29 is 18.7 Å². The molecule has 4 aromatic carbocycles. The summed E-state index contributed by atoms with van der Waals surface area (Å²) in [6, 6.07) is 24.6. The number of benzene rings is 4. The van der Waals surface area contributed by atoms with Gasteiger partial charge in [0.25, 0.3) is 11.8 Å². The first-order valence-electron chi connectivity index (χ1n) is 12.7. The fourth-order valence-electron chi connectivity index (χ4n) is 3.73. The molecule has 2 amide bonds. The highest BCUT2D eigenvalue weighted by Crippen LogP contribution is 2.28. The predicted octanol–water partition coefficient (Wildman–Crippen LogP) is 7.78. The number of amides is 2. The molecule has 0 bridgehead atoms. The molecule has 1 aromatic heterocycles. The maximum absolute atomic E-state index is 13.0. The molecule has 0 aliphatic carbocycles.